The molecule has 0 unspecified atom stereocenters. The van der Waals surface area contributed by atoms with Gasteiger partial charge >= 0.3 is 0 Å². The summed E-state index contributed by atoms with van der Waals surface area (Å²) in [7, 11) is 1.68. The molecule has 2 aromatic carbocycles. The van der Waals surface area contributed by atoms with Crippen LogP contribution in [0.1, 0.15) is 11.3 Å². The quantitative estimate of drug-likeness (QED) is 0.645. The van der Waals surface area contributed by atoms with E-state index in [9.17, 15) is 0 Å². The molecule has 0 aliphatic carbocycles. The van der Waals surface area contributed by atoms with Crippen LogP contribution in [-0.2, 0) is 6.42 Å². The van der Waals surface area contributed by atoms with Gasteiger partial charge in [0.1, 0.15) is 11.6 Å². The number of benzene rings is 2. The molecule has 0 radical (unpaired) electrons. The van der Waals surface area contributed by atoms with Crippen LogP contribution >= 0.6 is 0 Å². The maximum atomic E-state index is 5.42. The van der Waals surface area contributed by atoms with Gasteiger partial charge in [-0.25, -0.2) is 4.98 Å². The highest BCUT2D eigenvalue weighted by atomic mass is 16.7. The molecule has 0 saturated heterocycles. The molecule has 1 aliphatic rings. The van der Waals surface area contributed by atoms with Crippen LogP contribution < -0.4 is 24.8 Å². The highest BCUT2D eigenvalue weighted by molar-refractivity contribution is 5.62. The van der Waals surface area contributed by atoms with Crippen molar-refractivity contribution in [1.29, 1.82) is 0 Å². The summed E-state index contributed by atoms with van der Waals surface area (Å²) < 4.78 is 16.2. The van der Waals surface area contributed by atoms with Crippen LogP contribution in [0.4, 0.5) is 17.5 Å². The summed E-state index contributed by atoms with van der Waals surface area (Å²) in [6.45, 7) is 2.90. The van der Waals surface area contributed by atoms with Crippen LogP contribution in [0.5, 0.6) is 17.2 Å². The number of hydrogen-bond donors (Lipinski definition) is 2. The van der Waals surface area contributed by atoms with Gasteiger partial charge in [0.25, 0.3) is 0 Å². The number of ether oxygens (including phenoxy) is 3. The maximum absolute atomic E-state index is 5.42. The third-order valence-electron chi connectivity index (χ3n) is 4.37. The number of rotatable bonds is 7. The Morgan fingerprint density at radius 2 is 1.89 bits per heavy atom. The minimum atomic E-state index is 0.256. The van der Waals surface area contributed by atoms with Crippen LogP contribution in [0.3, 0.4) is 0 Å². The molecule has 144 valence electrons. The minimum Gasteiger partial charge on any atom is -0.496 e. The molecule has 0 bridgehead atoms. The van der Waals surface area contributed by atoms with Crippen molar-refractivity contribution in [3.05, 3.63) is 59.8 Å². The van der Waals surface area contributed by atoms with Crippen LogP contribution in [0.2, 0.25) is 0 Å². The van der Waals surface area contributed by atoms with E-state index in [1.54, 1.807) is 7.11 Å². The zero-order valence-electron chi connectivity index (χ0n) is 15.9. The summed E-state index contributed by atoms with van der Waals surface area (Å²) in [5.74, 6) is 3.66. The second kappa shape index (κ2) is 8.04. The molecule has 0 atom stereocenters. The Kier molecular flexibility index (Phi) is 5.14. The molecule has 7 nitrogen and oxygen atoms in total. The van der Waals surface area contributed by atoms with Gasteiger partial charge in [0, 0.05) is 30.1 Å². The molecule has 2 N–H and O–H groups in total. The number of aromatic nitrogens is 2. The minimum absolute atomic E-state index is 0.256. The fourth-order valence-corrected chi connectivity index (χ4v) is 3.05. The lowest BCUT2D eigenvalue weighted by atomic mass is 10.1. The van der Waals surface area contributed by atoms with Crippen molar-refractivity contribution in [1.82, 2.24) is 9.97 Å². The Bertz CT molecular complexity index is 978. The SMILES string of the molecule is COc1ccccc1CCNc1nc(C)cc(Nc2ccc3c(c2)OCO3)n1. The van der Waals surface area contributed by atoms with E-state index in [2.05, 4.69) is 26.7 Å². The van der Waals surface area contributed by atoms with Gasteiger partial charge in [-0.3, -0.25) is 0 Å². The van der Waals surface area contributed by atoms with Crippen molar-refractivity contribution in [2.24, 2.45) is 0 Å². The molecule has 0 fully saturated rings. The second-order valence-corrected chi connectivity index (χ2v) is 6.40. The Morgan fingerprint density at radius 3 is 2.79 bits per heavy atom. The van der Waals surface area contributed by atoms with E-state index in [0.29, 0.717) is 18.3 Å². The Hall–Kier alpha value is -3.48. The van der Waals surface area contributed by atoms with Crippen molar-refractivity contribution >= 4 is 17.5 Å². The van der Waals surface area contributed by atoms with Crippen molar-refractivity contribution in [2.45, 2.75) is 13.3 Å². The predicted octanol–water partition coefficient (Wildman–Crippen LogP) is 3.92. The maximum Gasteiger partial charge on any atom is 0.231 e. The van der Waals surface area contributed by atoms with Gasteiger partial charge in [0.15, 0.2) is 11.5 Å². The van der Waals surface area contributed by atoms with Crippen LogP contribution in [-0.4, -0.2) is 30.4 Å². The predicted molar refractivity (Wildman–Crippen MR) is 108 cm³/mol. The van der Waals surface area contributed by atoms with Crippen molar-refractivity contribution in [2.75, 3.05) is 31.1 Å². The van der Waals surface area contributed by atoms with Crippen LogP contribution in [0.25, 0.3) is 0 Å². The summed E-state index contributed by atoms with van der Waals surface area (Å²) in [5, 5.41) is 6.59. The summed E-state index contributed by atoms with van der Waals surface area (Å²) in [6, 6.07) is 15.6. The summed E-state index contributed by atoms with van der Waals surface area (Å²) in [5.41, 5.74) is 2.89. The van der Waals surface area contributed by atoms with Gasteiger partial charge in [0.05, 0.1) is 7.11 Å². The molecule has 0 spiro atoms. The largest absolute Gasteiger partial charge is 0.496 e. The Labute approximate surface area is 163 Å². The van der Waals surface area contributed by atoms with Crippen molar-refractivity contribution in [3.8, 4) is 17.2 Å². The van der Waals surface area contributed by atoms with Gasteiger partial charge < -0.3 is 24.8 Å². The van der Waals surface area contributed by atoms with Gasteiger partial charge in [-0.05, 0) is 37.1 Å². The fourth-order valence-electron chi connectivity index (χ4n) is 3.05. The van der Waals surface area contributed by atoms with Gasteiger partial charge in [-0.15, -0.1) is 0 Å². The molecular weight excluding hydrogens is 356 g/mol. The zero-order chi connectivity index (χ0) is 19.3. The number of anilines is 3. The molecule has 4 rings (SSSR count). The number of nitrogens with one attached hydrogen (secondary N) is 2. The fraction of sp³-hybridized carbons (Fsp3) is 0.238. The molecule has 0 saturated carbocycles. The number of hydrogen-bond acceptors (Lipinski definition) is 7. The van der Waals surface area contributed by atoms with Gasteiger partial charge in [-0.1, -0.05) is 18.2 Å². The first-order chi connectivity index (χ1) is 13.7. The van der Waals surface area contributed by atoms with Crippen LogP contribution in [0, 0.1) is 6.92 Å². The first-order valence-electron chi connectivity index (χ1n) is 9.09. The molecule has 7 heteroatoms. The molecular formula is C21H22N4O3. The number of methoxy groups -OCH3 is 1. The normalized spacial score (nSPS) is 11.9. The first kappa shape index (κ1) is 17.9. The number of fused-ring (bicyclic) bond motifs is 1. The lowest BCUT2D eigenvalue weighted by Gasteiger charge is -2.11. The average molecular weight is 378 g/mol. The molecule has 0 amide bonds. The molecule has 3 aromatic rings. The Balaban J connectivity index is 1.42. The number of para-hydroxylation sites is 1. The van der Waals surface area contributed by atoms with E-state index >= 15 is 0 Å². The number of nitrogens with zero attached hydrogens (tertiary/aromatic N) is 2. The van der Waals surface area contributed by atoms with Crippen molar-refractivity contribution in [3.63, 3.8) is 0 Å². The van der Waals surface area contributed by atoms with Gasteiger partial charge in [-0.2, -0.15) is 4.98 Å². The van der Waals surface area contributed by atoms with E-state index in [4.69, 9.17) is 14.2 Å². The summed E-state index contributed by atoms with van der Waals surface area (Å²) >= 11 is 0. The summed E-state index contributed by atoms with van der Waals surface area (Å²) in [4.78, 5) is 9.03. The standard InChI is InChI=1S/C21H22N4O3/c1-14-11-20(24-16-7-8-18-19(12-16)28-13-27-18)25-21(23-14)22-10-9-15-5-3-4-6-17(15)26-2/h3-8,11-12H,9-10,13H2,1-2H3,(H2,22,23,24,25). The lowest BCUT2D eigenvalue weighted by Crippen LogP contribution is -2.10. The smallest absolute Gasteiger partial charge is 0.231 e. The average Bonchev–Trinajstić information content (AvgIpc) is 3.16. The van der Waals surface area contributed by atoms with Gasteiger partial charge in [0.2, 0.25) is 12.7 Å². The topological polar surface area (TPSA) is 77.5 Å². The van der Waals surface area contributed by atoms with E-state index in [0.717, 1.165) is 40.6 Å². The third-order valence-corrected chi connectivity index (χ3v) is 4.37. The highest BCUT2D eigenvalue weighted by Crippen LogP contribution is 2.35. The summed E-state index contributed by atoms with van der Waals surface area (Å²) in [6.07, 6.45) is 0.812. The lowest BCUT2D eigenvalue weighted by molar-refractivity contribution is 0.174. The van der Waals surface area contributed by atoms with E-state index < -0.39 is 0 Å². The third kappa shape index (κ3) is 4.09. The first-order valence-corrected chi connectivity index (χ1v) is 9.09. The monoisotopic (exact) mass is 378 g/mol. The second-order valence-electron chi connectivity index (χ2n) is 6.40. The van der Waals surface area contributed by atoms with Crippen LogP contribution in [0.15, 0.2) is 48.5 Å². The molecule has 28 heavy (non-hydrogen) atoms. The van der Waals surface area contributed by atoms with E-state index in [1.807, 2.05) is 49.4 Å². The van der Waals surface area contributed by atoms with Crippen molar-refractivity contribution < 1.29 is 14.2 Å². The van der Waals surface area contributed by atoms with E-state index in [1.165, 1.54) is 0 Å². The molecule has 1 aromatic heterocycles. The number of aryl methyl sites for hydroxylation is 1. The highest BCUT2D eigenvalue weighted by Gasteiger charge is 2.13. The zero-order valence-corrected chi connectivity index (χ0v) is 15.9. The molecule has 1 aliphatic heterocycles. The van der Waals surface area contributed by atoms with E-state index in [-0.39, 0.29) is 6.79 Å². The Morgan fingerprint density at radius 1 is 1.04 bits per heavy atom. The molecule has 2 heterocycles.